The summed E-state index contributed by atoms with van der Waals surface area (Å²) in [5, 5.41) is 0. The van der Waals surface area contributed by atoms with Gasteiger partial charge in [0.05, 0.1) is 11.5 Å². The first-order chi connectivity index (χ1) is 9.96. The van der Waals surface area contributed by atoms with Gasteiger partial charge in [-0.15, -0.1) is 0 Å². The van der Waals surface area contributed by atoms with Gasteiger partial charge in [0.25, 0.3) is 0 Å². The average Bonchev–Trinajstić information content (AvgIpc) is 2.47. The third-order valence-electron chi connectivity index (χ3n) is 4.00. The van der Waals surface area contributed by atoms with Gasteiger partial charge in [-0.05, 0) is 26.0 Å². The van der Waals surface area contributed by atoms with Gasteiger partial charge in [0.1, 0.15) is 0 Å². The second kappa shape index (κ2) is 6.87. The highest BCUT2D eigenvalue weighted by atomic mass is 32.2. The minimum Gasteiger partial charge on any atom is -0.383 e. The standard InChI is InChI=1S/C15H24N2O3S/c1-13-11-16(12-14(2)17(13)9-10-20-3)21(18,19)15-7-5-4-6-8-15/h4-8,13-14H,9-12H2,1-3H3. The van der Waals surface area contributed by atoms with Crippen molar-refractivity contribution in [2.24, 2.45) is 0 Å². The number of hydrogen-bond acceptors (Lipinski definition) is 4. The normalized spacial score (nSPS) is 25.1. The molecule has 1 aliphatic heterocycles. The minimum absolute atomic E-state index is 0.183. The molecule has 0 amide bonds. The van der Waals surface area contributed by atoms with Crippen molar-refractivity contribution in [1.82, 2.24) is 9.21 Å². The molecule has 1 aliphatic rings. The number of methoxy groups -OCH3 is 1. The minimum atomic E-state index is -3.40. The molecule has 0 radical (unpaired) electrons. The van der Waals surface area contributed by atoms with Gasteiger partial charge >= 0.3 is 0 Å². The van der Waals surface area contributed by atoms with Gasteiger partial charge in [0.2, 0.25) is 10.0 Å². The molecule has 0 N–H and O–H groups in total. The highest BCUT2D eigenvalue weighted by molar-refractivity contribution is 7.89. The second-order valence-corrected chi connectivity index (χ2v) is 7.50. The Kier molecular flexibility index (Phi) is 5.37. The highest BCUT2D eigenvalue weighted by Gasteiger charge is 2.35. The van der Waals surface area contributed by atoms with Crippen LogP contribution in [0.2, 0.25) is 0 Å². The zero-order valence-electron chi connectivity index (χ0n) is 12.9. The Morgan fingerprint density at radius 3 is 2.24 bits per heavy atom. The highest BCUT2D eigenvalue weighted by Crippen LogP contribution is 2.22. The van der Waals surface area contributed by atoms with Crippen LogP contribution >= 0.6 is 0 Å². The van der Waals surface area contributed by atoms with Crippen LogP contribution in [0.25, 0.3) is 0 Å². The van der Waals surface area contributed by atoms with E-state index in [1.807, 2.05) is 6.07 Å². The van der Waals surface area contributed by atoms with Crippen LogP contribution in [0.4, 0.5) is 0 Å². The summed E-state index contributed by atoms with van der Waals surface area (Å²) in [6, 6.07) is 9.02. The Morgan fingerprint density at radius 2 is 1.71 bits per heavy atom. The van der Waals surface area contributed by atoms with Crippen LogP contribution < -0.4 is 0 Å². The zero-order valence-corrected chi connectivity index (χ0v) is 13.7. The SMILES string of the molecule is COCCN1C(C)CN(S(=O)(=O)c2ccccc2)CC1C. The first kappa shape index (κ1) is 16.4. The Balaban J connectivity index is 2.14. The van der Waals surface area contributed by atoms with E-state index < -0.39 is 10.0 Å². The Bertz CT molecular complexity index is 535. The lowest BCUT2D eigenvalue weighted by Crippen LogP contribution is -2.58. The fourth-order valence-corrected chi connectivity index (χ4v) is 4.51. The van der Waals surface area contributed by atoms with Gasteiger partial charge < -0.3 is 4.74 Å². The molecule has 1 saturated heterocycles. The molecular weight excluding hydrogens is 288 g/mol. The van der Waals surface area contributed by atoms with Crippen LogP contribution in [0.15, 0.2) is 35.2 Å². The fourth-order valence-electron chi connectivity index (χ4n) is 2.88. The molecule has 1 heterocycles. The van der Waals surface area contributed by atoms with Gasteiger partial charge in [0.15, 0.2) is 0 Å². The predicted molar refractivity (Wildman–Crippen MR) is 82.7 cm³/mol. The van der Waals surface area contributed by atoms with E-state index in [1.54, 1.807) is 35.7 Å². The van der Waals surface area contributed by atoms with E-state index in [2.05, 4.69) is 18.7 Å². The van der Waals surface area contributed by atoms with E-state index in [1.165, 1.54) is 0 Å². The molecule has 1 fully saturated rings. The van der Waals surface area contributed by atoms with Gasteiger partial charge in [-0.2, -0.15) is 4.31 Å². The average molecular weight is 312 g/mol. The fraction of sp³-hybridized carbons (Fsp3) is 0.600. The lowest BCUT2D eigenvalue weighted by Gasteiger charge is -2.43. The predicted octanol–water partition coefficient (Wildman–Crippen LogP) is 1.42. The van der Waals surface area contributed by atoms with Crippen molar-refractivity contribution in [2.75, 3.05) is 33.4 Å². The number of rotatable bonds is 5. The molecule has 0 saturated carbocycles. The topological polar surface area (TPSA) is 49.9 Å². The molecule has 0 aliphatic carbocycles. The summed E-state index contributed by atoms with van der Waals surface area (Å²) in [7, 11) is -1.71. The smallest absolute Gasteiger partial charge is 0.243 e. The summed E-state index contributed by atoms with van der Waals surface area (Å²) in [5.74, 6) is 0. The molecule has 5 nitrogen and oxygen atoms in total. The number of nitrogens with zero attached hydrogens (tertiary/aromatic N) is 2. The van der Waals surface area contributed by atoms with E-state index in [9.17, 15) is 8.42 Å². The lowest BCUT2D eigenvalue weighted by molar-refractivity contribution is 0.0496. The van der Waals surface area contributed by atoms with Crippen molar-refractivity contribution in [3.05, 3.63) is 30.3 Å². The summed E-state index contributed by atoms with van der Waals surface area (Å²) in [6.07, 6.45) is 0. The van der Waals surface area contributed by atoms with Crippen molar-refractivity contribution >= 4 is 10.0 Å². The lowest BCUT2D eigenvalue weighted by atomic mass is 10.1. The van der Waals surface area contributed by atoms with Crippen LogP contribution in [0.1, 0.15) is 13.8 Å². The molecule has 0 aromatic heterocycles. The van der Waals surface area contributed by atoms with Crippen LogP contribution in [0.5, 0.6) is 0 Å². The maximum atomic E-state index is 12.7. The van der Waals surface area contributed by atoms with Gasteiger partial charge in [0, 0.05) is 38.8 Å². The van der Waals surface area contributed by atoms with Crippen LogP contribution in [0.3, 0.4) is 0 Å². The summed E-state index contributed by atoms with van der Waals surface area (Å²) < 4.78 is 32.1. The Morgan fingerprint density at radius 1 is 1.14 bits per heavy atom. The molecular formula is C15H24N2O3S. The van der Waals surface area contributed by atoms with E-state index in [-0.39, 0.29) is 12.1 Å². The summed E-state index contributed by atoms with van der Waals surface area (Å²) in [5.41, 5.74) is 0. The number of hydrogen-bond donors (Lipinski definition) is 0. The molecule has 118 valence electrons. The molecule has 2 atom stereocenters. The van der Waals surface area contributed by atoms with Crippen molar-refractivity contribution in [2.45, 2.75) is 30.8 Å². The van der Waals surface area contributed by atoms with Crippen LogP contribution in [-0.4, -0.2) is 63.1 Å². The molecule has 0 spiro atoms. The molecule has 2 rings (SSSR count). The number of ether oxygens (including phenoxy) is 1. The Hall–Kier alpha value is -0.950. The van der Waals surface area contributed by atoms with E-state index in [0.717, 1.165) is 6.54 Å². The van der Waals surface area contributed by atoms with Crippen molar-refractivity contribution in [1.29, 1.82) is 0 Å². The molecule has 6 heteroatoms. The van der Waals surface area contributed by atoms with Crippen molar-refractivity contribution < 1.29 is 13.2 Å². The zero-order chi connectivity index (χ0) is 15.5. The maximum absolute atomic E-state index is 12.7. The number of piperazine rings is 1. The first-order valence-electron chi connectivity index (χ1n) is 7.26. The van der Waals surface area contributed by atoms with E-state index >= 15 is 0 Å². The van der Waals surface area contributed by atoms with Gasteiger partial charge in [-0.1, -0.05) is 18.2 Å². The van der Waals surface area contributed by atoms with Gasteiger partial charge in [-0.25, -0.2) is 8.42 Å². The Labute approximate surface area is 127 Å². The van der Waals surface area contributed by atoms with Crippen molar-refractivity contribution in [3.63, 3.8) is 0 Å². The largest absolute Gasteiger partial charge is 0.383 e. The number of benzene rings is 1. The molecule has 2 unspecified atom stereocenters. The monoisotopic (exact) mass is 312 g/mol. The molecule has 0 bridgehead atoms. The first-order valence-corrected chi connectivity index (χ1v) is 8.70. The molecule has 1 aromatic carbocycles. The maximum Gasteiger partial charge on any atom is 0.243 e. The van der Waals surface area contributed by atoms with E-state index in [4.69, 9.17) is 4.74 Å². The van der Waals surface area contributed by atoms with Crippen molar-refractivity contribution in [3.8, 4) is 0 Å². The third-order valence-corrected chi connectivity index (χ3v) is 5.85. The molecule has 1 aromatic rings. The summed E-state index contributed by atoms with van der Waals surface area (Å²) in [4.78, 5) is 2.68. The number of sulfonamides is 1. The summed E-state index contributed by atoms with van der Waals surface area (Å²) >= 11 is 0. The van der Waals surface area contributed by atoms with Gasteiger partial charge in [-0.3, -0.25) is 4.90 Å². The van der Waals surface area contributed by atoms with Crippen LogP contribution in [-0.2, 0) is 14.8 Å². The third kappa shape index (κ3) is 3.63. The quantitative estimate of drug-likeness (QED) is 0.825. The second-order valence-electron chi connectivity index (χ2n) is 5.56. The summed E-state index contributed by atoms with van der Waals surface area (Å²) in [6.45, 7) is 6.67. The molecule has 21 heavy (non-hydrogen) atoms. The van der Waals surface area contributed by atoms with Crippen LogP contribution in [0, 0.1) is 0 Å². The van der Waals surface area contributed by atoms with E-state index in [0.29, 0.717) is 24.6 Å².